The van der Waals surface area contributed by atoms with Crippen LogP contribution < -0.4 is 34.1 Å². The summed E-state index contributed by atoms with van der Waals surface area (Å²) in [5, 5.41) is 0. The summed E-state index contributed by atoms with van der Waals surface area (Å²) in [5.74, 6) is 0. The van der Waals surface area contributed by atoms with Gasteiger partial charge in [0.15, 0.2) is 0 Å². The van der Waals surface area contributed by atoms with Gasteiger partial charge in [0.05, 0.1) is 26.2 Å². The van der Waals surface area contributed by atoms with E-state index in [4.69, 9.17) is 0 Å². The third-order valence-electron chi connectivity index (χ3n) is 5.88. The van der Waals surface area contributed by atoms with Crippen molar-refractivity contribution in [2.24, 2.45) is 0 Å². The molecule has 0 spiro atoms. The summed E-state index contributed by atoms with van der Waals surface area (Å²) in [6.45, 7) is 7.12. The van der Waals surface area contributed by atoms with Crippen molar-refractivity contribution < 1.29 is 0 Å². The SMILES string of the molecule is CC=CCn1c(=O)n(CC=CC)c(=O)n(CCCCn2c(=O)n(CC=CC)c(=O)n(CC=CC)c2=O)c1=O. The van der Waals surface area contributed by atoms with Crippen molar-refractivity contribution in [2.45, 2.75) is 79.8 Å². The number of aromatic nitrogens is 6. The maximum Gasteiger partial charge on any atom is 0.336 e. The first-order chi connectivity index (χ1) is 18.2. The zero-order valence-electron chi connectivity index (χ0n) is 22.4. The van der Waals surface area contributed by atoms with Gasteiger partial charge in [-0.2, -0.15) is 0 Å². The largest absolute Gasteiger partial charge is 0.336 e. The minimum absolute atomic E-state index is 0.0106. The lowest BCUT2D eigenvalue weighted by molar-refractivity contribution is 0.431. The molecule has 0 aliphatic heterocycles. The minimum Gasteiger partial charge on any atom is -0.247 e. The summed E-state index contributed by atoms with van der Waals surface area (Å²) < 4.78 is 5.96. The molecule has 0 aliphatic rings. The van der Waals surface area contributed by atoms with Crippen molar-refractivity contribution in [3.63, 3.8) is 0 Å². The molecule has 0 aromatic carbocycles. The molecule has 0 unspecified atom stereocenters. The highest BCUT2D eigenvalue weighted by atomic mass is 16.2. The Balaban J connectivity index is 2.41. The van der Waals surface area contributed by atoms with Crippen LogP contribution in [0, 0.1) is 0 Å². The van der Waals surface area contributed by atoms with Gasteiger partial charge in [-0.1, -0.05) is 48.6 Å². The molecular formula is C26H36N6O6. The van der Waals surface area contributed by atoms with Crippen molar-refractivity contribution >= 4 is 0 Å². The summed E-state index contributed by atoms with van der Waals surface area (Å²) in [6, 6.07) is 0. The van der Waals surface area contributed by atoms with E-state index in [1.807, 2.05) is 0 Å². The predicted molar refractivity (Wildman–Crippen MR) is 147 cm³/mol. The van der Waals surface area contributed by atoms with E-state index in [9.17, 15) is 28.8 Å². The molecule has 0 aliphatic carbocycles. The Labute approximate surface area is 219 Å². The molecular weight excluding hydrogens is 492 g/mol. The molecule has 0 saturated carbocycles. The van der Waals surface area contributed by atoms with Crippen LogP contribution in [0.5, 0.6) is 0 Å². The highest BCUT2D eigenvalue weighted by Crippen LogP contribution is 1.94. The number of hydrogen-bond acceptors (Lipinski definition) is 6. The molecule has 2 aromatic heterocycles. The van der Waals surface area contributed by atoms with Crippen LogP contribution in [-0.2, 0) is 39.3 Å². The Bertz CT molecular complexity index is 1360. The van der Waals surface area contributed by atoms with Crippen LogP contribution in [0.4, 0.5) is 0 Å². The van der Waals surface area contributed by atoms with E-state index in [-0.39, 0.29) is 52.1 Å². The van der Waals surface area contributed by atoms with Crippen LogP contribution in [-0.4, -0.2) is 27.4 Å². The topological polar surface area (TPSA) is 132 Å². The van der Waals surface area contributed by atoms with Gasteiger partial charge in [0.1, 0.15) is 0 Å². The van der Waals surface area contributed by atoms with Gasteiger partial charge in [-0.25, -0.2) is 56.2 Å². The van der Waals surface area contributed by atoms with E-state index < -0.39 is 34.1 Å². The summed E-state index contributed by atoms with van der Waals surface area (Å²) in [4.78, 5) is 77.3. The molecule has 0 saturated heterocycles. The Kier molecular flexibility index (Phi) is 11.5. The number of allylic oxidation sites excluding steroid dienone is 8. The van der Waals surface area contributed by atoms with Crippen LogP contribution in [0.3, 0.4) is 0 Å². The maximum absolute atomic E-state index is 12.9. The fourth-order valence-corrected chi connectivity index (χ4v) is 3.76. The molecule has 0 radical (unpaired) electrons. The zero-order valence-corrected chi connectivity index (χ0v) is 22.4. The van der Waals surface area contributed by atoms with Crippen molar-refractivity contribution in [2.75, 3.05) is 0 Å². The first-order valence-corrected chi connectivity index (χ1v) is 12.6. The van der Waals surface area contributed by atoms with Crippen molar-refractivity contribution in [3.8, 4) is 0 Å². The monoisotopic (exact) mass is 528 g/mol. The molecule has 0 N–H and O–H groups in total. The van der Waals surface area contributed by atoms with E-state index in [1.54, 1.807) is 76.3 Å². The molecule has 0 fully saturated rings. The molecule has 2 heterocycles. The van der Waals surface area contributed by atoms with E-state index in [0.717, 1.165) is 27.4 Å². The average Bonchev–Trinajstić information content (AvgIpc) is 2.89. The number of hydrogen-bond donors (Lipinski definition) is 0. The minimum atomic E-state index is -0.722. The van der Waals surface area contributed by atoms with Gasteiger partial charge in [-0.3, -0.25) is 0 Å². The summed E-state index contributed by atoms with van der Waals surface area (Å²) in [6.07, 6.45) is 13.9. The summed E-state index contributed by atoms with van der Waals surface area (Å²) >= 11 is 0. The van der Waals surface area contributed by atoms with E-state index in [0.29, 0.717) is 0 Å². The summed E-state index contributed by atoms with van der Waals surface area (Å²) in [5.41, 5.74) is -4.27. The first-order valence-electron chi connectivity index (χ1n) is 12.6. The molecule has 206 valence electrons. The standard InChI is InChI=1S/C26H36N6O6/c1-5-9-15-27-21(33)28(16-10-6-2)24(36)31(23(27)35)19-13-14-20-32-25(37)29(17-11-7-3)22(34)30(26(32)38)18-12-8-4/h5-12H,13-20H2,1-4H3. The molecule has 38 heavy (non-hydrogen) atoms. The molecule has 0 bridgehead atoms. The van der Waals surface area contributed by atoms with Crippen LogP contribution in [0.25, 0.3) is 0 Å². The van der Waals surface area contributed by atoms with Crippen LogP contribution in [0.2, 0.25) is 0 Å². The Morgan fingerprint density at radius 1 is 0.395 bits per heavy atom. The lowest BCUT2D eigenvalue weighted by Crippen LogP contribution is -2.54. The zero-order chi connectivity index (χ0) is 28.2. The van der Waals surface area contributed by atoms with Crippen LogP contribution in [0.15, 0.2) is 77.4 Å². The second kappa shape index (κ2) is 14.5. The second-order valence-corrected chi connectivity index (χ2v) is 8.42. The van der Waals surface area contributed by atoms with Crippen molar-refractivity contribution in [1.82, 2.24) is 27.4 Å². The maximum atomic E-state index is 12.9. The van der Waals surface area contributed by atoms with Gasteiger partial charge in [0.2, 0.25) is 0 Å². The highest BCUT2D eigenvalue weighted by Gasteiger charge is 2.16. The molecule has 2 aromatic rings. The Morgan fingerprint density at radius 2 is 0.605 bits per heavy atom. The van der Waals surface area contributed by atoms with Crippen LogP contribution >= 0.6 is 0 Å². The quantitative estimate of drug-likeness (QED) is 0.274. The molecule has 0 atom stereocenters. The third-order valence-corrected chi connectivity index (χ3v) is 5.88. The van der Waals surface area contributed by atoms with Gasteiger partial charge in [-0.05, 0) is 40.5 Å². The van der Waals surface area contributed by atoms with E-state index >= 15 is 0 Å². The van der Waals surface area contributed by atoms with E-state index in [1.165, 1.54) is 0 Å². The molecule has 2 rings (SSSR count). The average molecular weight is 529 g/mol. The van der Waals surface area contributed by atoms with Gasteiger partial charge >= 0.3 is 34.1 Å². The fourth-order valence-electron chi connectivity index (χ4n) is 3.76. The van der Waals surface area contributed by atoms with Gasteiger partial charge in [0, 0.05) is 13.1 Å². The fraction of sp³-hybridized carbons (Fsp3) is 0.462. The van der Waals surface area contributed by atoms with Crippen molar-refractivity contribution in [3.05, 3.63) is 112 Å². The molecule has 12 nitrogen and oxygen atoms in total. The Hall–Kier alpha value is -4.22. The normalized spacial score (nSPS) is 12.2. The predicted octanol–water partition coefficient (Wildman–Crippen LogP) is 0.442. The highest BCUT2D eigenvalue weighted by molar-refractivity contribution is 4.89. The van der Waals surface area contributed by atoms with E-state index in [2.05, 4.69) is 0 Å². The lowest BCUT2D eigenvalue weighted by atomic mass is 10.3. The number of unbranched alkanes of at least 4 members (excludes halogenated alkanes) is 1. The number of rotatable bonds is 13. The summed E-state index contributed by atoms with van der Waals surface area (Å²) in [7, 11) is 0. The lowest BCUT2D eigenvalue weighted by Gasteiger charge is -2.13. The van der Waals surface area contributed by atoms with Gasteiger partial charge in [0.25, 0.3) is 0 Å². The van der Waals surface area contributed by atoms with Gasteiger partial charge in [-0.15, -0.1) is 0 Å². The number of nitrogens with zero attached hydrogens (tertiary/aromatic N) is 6. The third kappa shape index (κ3) is 6.75. The molecule has 0 amide bonds. The smallest absolute Gasteiger partial charge is 0.247 e. The molecule has 12 heteroatoms. The van der Waals surface area contributed by atoms with Crippen molar-refractivity contribution in [1.29, 1.82) is 0 Å². The van der Waals surface area contributed by atoms with Crippen LogP contribution in [0.1, 0.15) is 40.5 Å². The Morgan fingerprint density at radius 3 is 0.816 bits per heavy atom. The first kappa shape index (κ1) is 30.0. The van der Waals surface area contributed by atoms with Gasteiger partial charge < -0.3 is 0 Å². The second-order valence-electron chi connectivity index (χ2n) is 8.42.